The van der Waals surface area contributed by atoms with E-state index in [4.69, 9.17) is 4.74 Å². The number of hydrogen-bond donors (Lipinski definition) is 1. The number of nitrogens with zero attached hydrogens (tertiary/aromatic N) is 4. The zero-order valence-corrected chi connectivity index (χ0v) is 16.3. The Kier molecular flexibility index (Phi) is 5.57. The van der Waals surface area contributed by atoms with Crippen LogP contribution in [0.4, 0.5) is 0 Å². The summed E-state index contributed by atoms with van der Waals surface area (Å²) in [6.07, 6.45) is 2.08. The van der Waals surface area contributed by atoms with Gasteiger partial charge in [0.2, 0.25) is 11.1 Å². The summed E-state index contributed by atoms with van der Waals surface area (Å²) in [6, 6.07) is 17.6. The van der Waals surface area contributed by atoms with Crippen molar-refractivity contribution in [2.24, 2.45) is 0 Å². The molecule has 0 saturated heterocycles. The molecule has 1 amide bonds. The minimum absolute atomic E-state index is 0.0219. The van der Waals surface area contributed by atoms with Crippen LogP contribution in [0.5, 0.6) is 5.75 Å². The number of benzene rings is 2. The predicted octanol–water partition coefficient (Wildman–Crippen LogP) is 3.17. The molecule has 1 aliphatic rings. The highest BCUT2D eigenvalue weighted by atomic mass is 32.2. The monoisotopic (exact) mass is 395 g/mol. The van der Waals surface area contributed by atoms with E-state index in [0.717, 1.165) is 24.1 Å². The van der Waals surface area contributed by atoms with Gasteiger partial charge in [0, 0.05) is 6.04 Å². The SMILES string of the molecule is CCOc1ccccc1-n1nnnc1SC(C(=O)NC1CC1)c1ccccc1. The van der Waals surface area contributed by atoms with Gasteiger partial charge in [0.05, 0.1) is 6.61 Å². The molecule has 0 spiro atoms. The lowest BCUT2D eigenvalue weighted by Crippen LogP contribution is -2.30. The van der Waals surface area contributed by atoms with E-state index in [9.17, 15) is 4.79 Å². The molecular weight excluding hydrogens is 374 g/mol. The van der Waals surface area contributed by atoms with Crippen molar-refractivity contribution in [3.63, 3.8) is 0 Å². The van der Waals surface area contributed by atoms with Gasteiger partial charge in [-0.05, 0) is 47.9 Å². The maximum absolute atomic E-state index is 12.9. The van der Waals surface area contributed by atoms with Crippen LogP contribution in [0.15, 0.2) is 59.8 Å². The molecule has 144 valence electrons. The van der Waals surface area contributed by atoms with E-state index >= 15 is 0 Å². The number of thioether (sulfide) groups is 1. The second kappa shape index (κ2) is 8.43. The third kappa shape index (κ3) is 4.17. The number of tetrazole rings is 1. The fourth-order valence-electron chi connectivity index (χ4n) is 2.82. The third-order valence-corrected chi connectivity index (χ3v) is 5.51. The van der Waals surface area contributed by atoms with Crippen LogP contribution in [0.1, 0.15) is 30.6 Å². The lowest BCUT2D eigenvalue weighted by Gasteiger charge is -2.17. The standard InChI is InChI=1S/C20H21N5O2S/c1-2-27-17-11-7-6-10-16(17)25-20(22-23-24-25)28-18(14-8-4-3-5-9-14)19(26)21-15-12-13-15/h3-11,15,18H,2,12-13H2,1H3,(H,21,26). The van der Waals surface area contributed by atoms with Crippen LogP contribution in [0.25, 0.3) is 5.69 Å². The van der Waals surface area contributed by atoms with Crippen LogP contribution in [0.2, 0.25) is 0 Å². The summed E-state index contributed by atoms with van der Waals surface area (Å²) in [5.74, 6) is 0.671. The molecule has 8 heteroatoms. The molecule has 1 heterocycles. The van der Waals surface area contributed by atoms with Gasteiger partial charge < -0.3 is 10.1 Å². The normalized spacial score (nSPS) is 14.5. The minimum Gasteiger partial charge on any atom is -0.492 e. The summed E-state index contributed by atoms with van der Waals surface area (Å²) >= 11 is 1.33. The molecule has 3 aromatic rings. The number of carbonyl (C=O) groups excluding carboxylic acids is 1. The molecule has 1 fully saturated rings. The number of aromatic nitrogens is 4. The molecule has 0 bridgehead atoms. The fraction of sp³-hybridized carbons (Fsp3) is 0.300. The summed E-state index contributed by atoms with van der Waals surface area (Å²) in [4.78, 5) is 12.9. The summed E-state index contributed by atoms with van der Waals surface area (Å²) in [5.41, 5.74) is 1.66. The van der Waals surface area contributed by atoms with Gasteiger partial charge in [0.1, 0.15) is 16.7 Å². The summed E-state index contributed by atoms with van der Waals surface area (Å²) in [7, 11) is 0. The largest absolute Gasteiger partial charge is 0.492 e. The van der Waals surface area contributed by atoms with Gasteiger partial charge in [0.15, 0.2) is 0 Å². The van der Waals surface area contributed by atoms with Gasteiger partial charge in [-0.15, -0.1) is 5.10 Å². The topological polar surface area (TPSA) is 81.9 Å². The molecule has 1 unspecified atom stereocenters. The van der Waals surface area contributed by atoms with E-state index in [1.54, 1.807) is 4.68 Å². The maximum Gasteiger partial charge on any atom is 0.238 e. The number of amides is 1. The summed E-state index contributed by atoms with van der Waals surface area (Å²) < 4.78 is 7.33. The fourth-order valence-corrected chi connectivity index (χ4v) is 3.82. The van der Waals surface area contributed by atoms with Crippen molar-refractivity contribution in [1.82, 2.24) is 25.5 Å². The van der Waals surface area contributed by atoms with Crippen molar-refractivity contribution in [3.05, 3.63) is 60.2 Å². The molecule has 1 saturated carbocycles. The van der Waals surface area contributed by atoms with Crippen LogP contribution in [0.3, 0.4) is 0 Å². The number of hydrogen-bond acceptors (Lipinski definition) is 6. The Morgan fingerprint density at radius 2 is 1.96 bits per heavy atom. The molecule has 1 aliphatic carbocycles. The molecule has 2 aromatic carbocycles. The molecule has 0 radical (unpaired) electrons. The number of rotatable bonds is 8. The van der Waals surface area contributed by atoms with Gasteiger partial charge >= 0.3 is 0 Å². The van der Waals surface area contributed by atoms with E-state index in [1.165, 1.54) is 11.8 Å². The van der Waals surface area contributed by atoms with Crippen LogP contribution >= 0.6 is 11.8 Å². The smallest absolute Gasteiger partial charge is 0.238 e. The first-order valence-electron chi connectivity index (χ1n) is 9.29. The Morgan fingerprint density at radius 1 is 1.21 bits per heavy atom. The van der Waals surface area contributed by atoms with Crippen LogP contribution in [-0.2, 0) is 4.79 Å². The Hall–Kier alpha value is -2.87. The lowest BCUT2D eigenvalue weighted by molar-refractivity contribution is -0.120. The first-order valence-corrected chi connectivity index (χ1v) is 10.2. The van der Waals surface area contributed by atoms with E-state index in [0.29, 0.717) is 17.5 Å². The van der Waals surface area contributed by atoms with Crippen molar-refractivity contribution >= 4 is 17.7 Å². The van der Waals surface area contributed by atoms with Crippen molar-refractivity contribution in [2.45, 2.75) is 36.2 Å². The minimum atomic E-state index is -0.439. The van der Waals surface area contributed by atoms with Gasteiger partial charge in [-0.2, -0.15) is 4.68 Å². The second-order valence-corrected chi connectivity index (χ2v) is 7.54. The van der Waals surface area contributed by atoms with E-state index in [2.05, 4.69) is 20.8 Å². The molecule has 28 heavy (non-hydrogen) atoms. The second-order valence-electron chi connectivity index (χ2n) is 6.47. The first-order chi connectivity index (χ1) is 13.8. The molecular formula is C20H21N5O2S. The van der Waals surface area contributed by atoms with E-state index < -0.39 is 5.25 Å². The Labute approximate surface area is 167 Å². The maximum atomic E-state index is 12.9. The average molecular weight is 395 g/mol. The molecule has 1 N–H and O–H groups in total. The summed E-state index contributed by atoms with van der Waals surface area (Å²) in [5, 5.41) is 15.3. The van der Waals surface area contributed by atoms with E-state index in [-0.39, 0.29) is 11.9 Å². The highest BCUT2D eigenvalue weighted by molar-refractivity contribution is 8.00. The zero-order valence-electron chi connectivity index (χ0n) is 15.5. The van der Waals surface area contributed by atoms with Gasteiger partial charge in [0.25, 0.3) is 0 Å². The van der Waals surface area contributed by atoms with Crippen molar-refractivity contribution in [1.29, 1.82) is 0 Å². The average Bonchev–Trinajstić information content (AvgIpc) is 3.42. The zero-order chi connectivity index (χ0) is 19.3. The van der Waals surface area contributed by atoms with Crippen molar-refractivity contribution in [2.75, 3.05) is 6.61 Å². The molecule has 7 nitrogen and oxygen atoms in total. The Bertz CT molecular complexity index is 943. The number of nitrogens with one attached hydrogen (secondary N) is 1. The Morgan fingerprint density at radius 3 is 2.71 bits per heavy atom. The Balaban J connectivity index is 1.65. The van der Waals surface area contributed by atoms with Gasteiger partial charge in [-0.25, -0.2) is 0 Å². The van der Waals surface area contributed by atoms with Crippen LogP contribution in [-0.4, -0.2) is 38.8 Å². The third-order valence-electron chi connectivity index (χ3n) is 4.32. The number of carbonyl (C=O) groups is 1. The molecule has 0 aliphatic heterocycles. The highest BCUT2D eigenvalue weighted by Crippen LogP contribution is 2.36. The number of ether oxygens (including phenoxy) is 1. The molecule has 4 rings (SSSR count). The highest BCUT2D eigenvalue weighted by Gasteiger charge is 2.30. The predicted molar refractivity (Wildman–Crippen MR) is 107 cm³/mol. The van der Waals surface area contributed by atoms with Gasteiger partial charge in [-0.1, -0.05) is 54.2 Å². The quantitative estimate of drug-likeness (QED) is 0.590. The molecule has 1 atom stereocenters. The lowest BCUT2D eigenvalue weighted by atomic mass is 10.1. The molecule has 1 aromatic heterocycles. The first kappa shape index (κ1) is 18.5. The van der Waals surface area contributed by atoms with Crippen LogP contribution in [0, 0.1) is 0 Å². The van der Waals surface area contributed by atoms with Crippen LogP contribution < -0.4 is 10.1 Å². The number of para-hydroxylation sites is 2. The van der Waals surface area contributed by atoms with Crippen molar-refractivity contribution < 1.29 is 9.53 Å². The van der Waals surface area contributed by atoms with Crippen molar-refractivity contribution in [3.8, 4) is 11.4 Å². The van der Waals surface area contributed by atoms with Gasteiger partial charge in [-0.3, -0.25) is 4.79 Å². The van der Waals surface area contributed by atoms with E-state index in [1.807, 2.05) is 61.5 Å². The summed E-state index contributed by atoms with van der Waals surface area (Å²) in [6.45, 7) is 2.47.